The van der Waals surface area contributed by atoms with Gasteiger partial charge in [-0.05, 0) is 31.9 Å². The molecule has 128 valence electrons. The second kappa shape index (κ2) is 7.64. The van der Waals surface area contributed by atoms with Crippen LogP contribution in [0.5, 0.6) is 0 Å². The van der Waals surface area contributed by atoms with Crippen LogP contribution in [0.3, 0.4) is 0 Å². The summed E-state index contributed by atoms with van der Waals surface area (Å²) in [5.74, 6) is -0.300. The topological polar surface area (TPSA) is 75.4 Å². The summed E-state index contributed by atoms with van der Waals surface area (Å²) in [4.78, 5) is 27.7. The van der Waals surface area contributed by atoms with E-state index in [1.165, 1.54) is 17.8 Å². The number of fused-ring (bicyclic) bond motifs is 1. The lowest BCUT2D eigenvalue weighted by molar-refractivity contribution is -0.120. The summed E-state index contributed by atoms with van der Waals surface area (Å²) >= 11 is 1.51. The number of carbonyl (C=O) groups excluding carboxylic acids is 2. The van der Waals surface area contributed by atoms with Crippen molar-refractivity contribution in [3.8, 4) is 0 Å². The lowest BCUT2D eigenvalue weighted by Gasteiger charge is -2.22. The molecule has 0 bridgehead atoms. The molecule has 1 saturated carbocycles. The van der Waals surface area contributed by atoms with E-state index in [-0.39, 0.29) is 24.2 Å². The van der Waals surface area contributed by atoms with Crippen LogP contribution in [0.1, 0.15) is 52.9 Å². The Kier molecular flexibility index (Phi) is 6.06. The fourth-order valence-electron chi connectivity index (χ4n) is 3.46. The zero-order chi connectivity index (χ0) is 15.7. The van der Waals surface area contributed by atoms with Crippen molar-refractivity contribution >= 4 is 28.2 Å². The van der Waals surface area contributed by atoms with Crippen LogP contribution in [0.15, 0.2) is 0 Å². The van der Waals surface area contributed by atoms with Gasteiger partial charge in [-0.1, -0.05) is 19.3 Å². The van der Waals surface area contributed by atoms with Gasteiger partial charge in [0, 0.05) is 23.9 Å². The third-order valence-corrected chi connectivity index (χ3v) is 5.84. The molecule has 0 radical (unpaired) electrons. The maximum absolute atomic E-state index is 12.5. The molecule has 0 spiro atoms. The second-order valence-corrected chi connectivity index (χ2v) is 7.49. The Hall–Kier alpha value is -1.11. The van der Waals surface area contributed by atoms with Gasteiger partial charge in [-0.15, -0.1) is 11.3 Å². The molecular weight excluding hydrogens is 334 g/mol. The highest BCUT2D eigenvalue weighted by molar-refractivity contribution is 7.17. The van der Waals surface area contributed by atoms with E-state index in [4.69, 9.17) is 5.73 Å². The van der Waals surface area contributed by atoms with Gasteiger partial charge in [0.05, 0.1) is 5.56 Å². The first-order valence-corrected chi connectivity index (χ1v) is 8.81. The van der Waals surface area contributed by atoms with E-state index in [1.54, 1.807) is 0 Å². The fourth-order valence-corrected chi connectivity index (χ4v) is 4.79. The van der Waals surface area contributed by atoms with Gasteiger partial charge < -0.3 is 28.4 Å². The highest BCUT2D eigenvalue weighted by atomic mass is 35.5. The Labute approximate surface area is 147 Å². The minimum absolute atomic E-state index is 0. The summed E-state index contributed by atoms with van der Waals surface area (Å²) in [7, 11) is 2.06. The van der Waals surface area contributed by atoms with Gasteiger partial charge in [-0.3, -0.25) is 9.59 Å². The van der Waals surface area contributed by atoms with Crippen molar-refractivity contribution in [1.29, 1.82) is 0 Å². The zero-order valence-corrected chi connectivity index (χ0v) is 14.9. The average molecular weight is 357 g/mol. The van der Waals surface area contributed by atoms with E-state index in [2.05, 4.69) is 17.3 Å². The molecule has 2 amide bonds. The standard InChI is InChI=1S/C16H23N3O2S.ClH/c1-19-8-7-11-12(9-19)22-16(13(11)14(17)20)18-15(21)10-5-3-2-4-6-10;/h10H,2-9H2,1H3,(H2,17,20)(H,18,21);1H/p-1. The number of rotatable bonds is 3. The predicted octanol–water partition coefficient (Wildman–Crippen LogP) is -0.642. The lowest BCUT2D eigenvalue weighted by atomic mass is 9.88. The van der Waals surface area contributed by atoms with Gasteiger partial charge in [0.25, 0.3) is 5.91 Å². The molecular formula is C16H23ClN3O2S-. The molecule has 0 atom stereocenters. The SMILES string of the molecule is CN1CCc2c(sc(NC(=O)C3CCCCC3)c2C(N)=O)C1.[Cl-]. The van der Waals surface area contributed by atoms with E-state index >= 15 is 0 Å². The fraction of sp³-hybridized carbons (Fsp3) is 0.625. The quantitative estimate of drug-likeness (QED) is 0.756. The number of hydrogen-bond donors (Lipinski definition) is 2. The van der Waals surface area contributed by atoms with Gasteiger partial charge in [0.1, 0.15) is 5.00 Å². The van der Waals surface area contributed by atoms with Crippen LogP contribution in [0, 0.1) is 5.92 Å². The first kappa shape index (κ1) is 18.2. The Bertz CT molecular complexity index is 596. The van der Waals surface area contributed by atoms with Crippen LogP contribution in [0.4, 0.5) is 5.00 Å². The first-order valence-electron chi connectivity index (χ1n) is 8.00. The molecule has 0 unspecified atom stereocenters. The van der Waals surface area contributed by atoms with Gasteiger partial charge in [-0.25, -0.2) is 0 Å². The van der Waals surface area contributed by atoms with Crippen LogP contribution < -0.4 is 23.5 Å². The molecule has 1 fully saturated rings. The number of primary amides is 1. The first-order chi connectivity index (χ1) is 10.6. The third kappa shape index (κ3) is 3.87. The van der Waals surface area contributed by atoms with Crippen molar-refractivity contribution in [2.75, 3.05) is 18.9 Å². The molecule has 2 heterocycles. The van der Waals surface area contributed by atoms with E-state index in [0.717, 1.165) is 55.6 Å². The minimum atomic E-state index is -0.430. The second-order valence-electron chi connectivity index (χ2n) is 6.38. The predicted molar refractivity (Wildman–Crippen MR) is 88.1 cm³/mol. The number of nitrogens with two attached hydrogens (primary N) is 1. The van der Waals surface area contributed by atoms with Gasteiger partial charge in [-0.2, -0.15) is 0 Å². The molecule has 0 saturated heterocycles. The van der Waals surface area contributed by atoms with Gasteiger partial charge in [0.2, 0.25) is 5.91 Å². The lowest BCUT2D eigenvalue weighted by Crippen LogP contribution is -3.00. The summed E-state index contributed by atoms with van der Waals surface area (Å²) in [5.41, 5.74) is 7.15. The average Bonchev–Trinajstić information content (AvgIpc) is 2.85. The monoisotopic (exact) mass is 356 g/mol. The van der Waals surface area contributed by atoms with E-state index in [1.807, 2.05) is 0 Å². The third-order valence-electron chi connectivity index (χ3n) is 4.71. The van der Waals surface area contributed by atoms with Crippen LogP contribution >= 0.6 is 11.3 Å². The molecule has 1 aromatic heterocycles. The summed E-state index contributed by atoms with van der Waals surface area (Å²) in [6.45, 7) is 1.74. The maximum atomic E-state index is 12.5. The Balaban J connectivity index is 0.00000192. The summed E-state index contributed by atoms with van der Waals surface area (Å²) in [5, 5.41) is 3.65. The van der Waals surface area contributed by atoms with Crippen molar-refractivity contribution in [1.82, 2.24) is 4.90 Å². The van der Waals surface area contributed by atoms with Crippen LogP contribution in [-0.4, -0.2) is 30.3 Å². The van der Waals surface area contributed by atoms with Crippen LogP contribution in [-0.2, 0) is 17.8 Å². The summed E-state index contributed by atoms with van der Waals surface area (Å²) < 4.78 is 0. The smallest absolute Gasteiger partial charge is 0.251 e. The molecule has 0 aromatic carbocycles. The molecule has 1 aliphatic heterocycles. The Morgan fingerprint density at radius 2 is 1.96 bits per heavy atom. The zero-order valence-electron chi connectivity index (χ0n) is 13.4. The van der Waals surface area contributed by atoms with Crippen LogP contribution in [0.25, 0.3) is 0 Å². The van der Waals surface area contributed by atoms with E-state index in [0.29, 0.717) is 10.6 Å². The van der Waals surface area contributed by atoms with Crippen molar-refractivity contribution in [3.63, 3.8) is 0 Å². The highest BCUT2D eigenvalue weighted by Gasteiger charge is 2.28. The number of hydrogen-bond acceptors (Lipinski definition) is 4. The summed E-state index contributed by atoms with van der Waals surface area (Å²) in [6, 6.07) is 0. The van der Waals surface area contributed by atoms with Crippen molar-refractivity contribution < 1.29 is 22.0 Å². The number of likely N-dealkylation sites (N-methyl/N-ethyl adjacent to an activating group) is 1. The highest BCUT2D eigenvalue weighted by Crippen LogP contribution is 2.37. The number of anilines is 1. The summed E-state index contributed by atoms with van der Waals surface area (Å²) in [6.07, 6.45) is 6.17. The van der Waals surface area contributed by atoms with Crippen molar-refractivity contribution in [3.05, 3.63) is 16.0 Å². The number of amides is 2. The number of carbonyl (C=O) groups is 2. The number of halogens is 1. The Morgan fingerprint density at radius 1 is 1.26 bits per heavy atom. The molecule has 5 nitrogen and oxygen atoms in total. The minimum Gasteiger partial charge on any atom is -1.00 e. The van der Waals surface area contributed by atoms with Crippen molar-refractivity contribution in [2.45, 2.75) is 45.1 Å². The van der Waals surface area contributed by atoms with E-state index < -0.39 is 5.91 Å². The number of thiophene rings is 1. The molecule has 3 N–H and O–H groups in total. The molecule has 3 rings (SSSR count). The van der Waals surface area contributed by atoms with Gasteiger partial charge >= 0.3 is 0 Å². The van der Waals surface area contributed by atoms with E-state index in [9.17, 15) is 9.59 Å². The van der Waals surface area contributed by atoms with Crippen molar-refractivity contribution in [2.24, 2.45) is 11.7 Å². The molecule has 1 aliphatic carbocycles. The maximum Gasteiger partial charge on any atom is 0.251 e. The van der Waals surface area contributed by atoms with Crippen LogP contribution in [0.2, 0.25) is 0 Å². The van der Waals surface area contributed by atoms with Gasteiger partial charge in [0.15, 0.2) is 0 Å². The molecule has 1 aromatic rings. The normalized spacial score (nSPS) is 18.8. The number of nitrogens with one attached hydrogen (secondary N) is 1. The largest absolute Gasteiger partial charge is 1.00 e. The molecule has 7 heteroatoms. The number of nitrogens with zero attached hydrogens (tertiary/aromatic N) is 1. The Morgan fingerprint density at radius 3 is 2.61 bits per heavy atom. The molecule has 23 heavy (non-hydrogen) atoms. The molecule has 2 aliphatic rings.